The number of hydrogen-bond donors (Lipinski definition) is 2. The number of aromatic carboxylic acids is 1. The summed E-state index contributed by atoms with van der Waals surface area (Å²) in [5.41, 5.74) is 3.05. The zero-order chi connectivity index (χ0) is 20.4. The van der Waals surface area contributed by atoms with Crippen LogP contribution in [0.3, 0.4) is 0 Å². The van der Waals surface area contributed by atoms with Crippen LogP contribution in [0.25, 0.3) is 0 Å². The molecule has 0 fully saturated rings. The van der Waals surface area contributed by atoms with Gasteiger partial charge in [0.05, 0.1) is 23.8 Å². The largest absolute Gasteiger partial charge is 1.00 e. The van der Waals surface area contributed by atoms with E-state index >= 15 is 0 Å². The van der Waals surface area contributed by atoms with E-state index < -0.39 is 12.1 Å². The fourth-order valence-electron chi connectivity index (χ4n) is 3.98. The second-order valence-electron chi connectivity index (χ2n) is 7.52. The third-order valence-corrected chi connectivity index (χ3v) is 5.47. The Kier molecular flexibility index (Phi) is 8.08. The fourth-order valence-corrected chi connectivity index (χ4v) is 3.98. The molecule has 4 rings (SSSR count). The van der Waals surface area contributed by atoms with Gasteiger partial charge in [-0.05, 0) is 35.7 Å². The van der Waals surface area contributed by atoms with Crippen molar-refractivity contribution in [2.45, 2.75) is 19.1 Å². The Morgan fingerprint density at radius 3 is 2.67 bits per heavy atom. The Hall–Kier alpha value is -1.26. The molecule has 2 aliphatic rings. The summed E-state index contributed by atoms with van der Waals surface area (Å²) in [6.45, 7) is 2.97. The summed E-state index contributed by atoms with van der Waals surface area (Å²) in [4.78, 5) is 27.8. The average Bonchev–Trinajstić information content (AvgIpc) is 2.86. The number of amides is 1. The monoisotopic (exact) mass is 436 g/mol. The molecule has 2 aromatic carbocycles. The summed E-state index contributed by atoms with van der Waals surface area (Å²) in [7, 11) is 0. The smallest absolute Gasteiger partial charge is 1.00 e. The van der Waals surface area contributed by atoms with Crippen LogP contribution in [0.5, 0.6) is 5.75 Å². The Balaban J connectivity index is 0.00000171. The molecule has 0 saturated heterocycles. The summed E-state index contributed by atoms with van der Waals surface area (Å²) < 4.78 is 5.59. The van der Waals surface area contributed by atoms with E-state index in [2.05, 4.69) is 17.0 Å². The minimum atomic E-state index is -1.07. The zero-order valence-electron chi connectivity index (χ0n) is 18.1. The molecule has 0 aliphatic carbocycles. The predicted octanol–water partition coefficient (Wildman–Crippen LogP) is -1.24. The topological polar surface area (TPSA) is 90.3 Å². The summed E-state index contributed by atoms with van der Waals surface area (Å²) >= 11 is 0. The molecule has 2 aromatic rings. The zero-order valence-corrected chi connectivity index (χ0v) is 20.2. The van der Waals surface area contributed by atoms with Crippen LogP contribution in [0.15, 0.2) is 42.5 Å². The first-order valence-electron chi connectivity index (χ1n) is 9.78. The molecule has 8 heteroatoms. The third kappa shape index (κ3) is 5.31. The van der Waals surface area contributed by atoms with Gasteiger partial charge in [0.1, 0.15) is 12.4 Å². The van der Waals surface area contributed by atoms with E-state index in [4.69, 9.17) is 9.84 Å². The normalized spacial score (nSPS) is 17.1. The van der Waals surface area contributed by atoms with Gasteiger partial charge in [-0.3, -0.25) is 9.69 Å². The van der Waals surface area contributed by atoms with Crippen molar-refractivity contribution in [3.63, 3.8) is 0 Å². The summed E-state index contributed by atoms with van der Waals surface area (Å²) in [5.74, 6) is -1.04. The number of benzene rings is 2. The van der Waals surface area contributed by atoms with Crippen molar-refractivity contribution in [3.8, 4) is 5.75 Å². The van der Waals surface area contributed by atoms with Crippen LogP contribution in [0.4, 0.5) is 0 Å². The molecule has 2 heterocycles. The molecule has 0 aromatic heterocycles. The number of nitrogens with zero attached hydrogens (tertiary/aromatic N) is 2. The number of aliphatic hydroxyl groups is 1. The Morgan fingerprint density at radius 2 is 1.90 bits per heavy atom. The number of β-amino-alcohol motifs (C(OH)–C–C–N with tert-alkyl or cyclic N) is 1. The molecule has 2 aliphatic heterocycles. The number of hydrogen-bond acceptors (Lipinski definition) is 5. The van der Waals surface area contributed by atoms with Gasteiger partial charge in [0.2, 0.25) is 0 Å². The number of rotatable bonds is 5. The van der Waals surface area contributed by atoms with Gasteiger partial charge in [-0.15, -0.1) is 0 Å². The van der Waals surface area contributed by atoms with Crippen LogP contribution >= 0.6 is 0 Å². The standard InChI is InChI=1S/C22H24N2O5.K.H/c25-18(13-23-8-7-15-3-1-2-4-17(15)12-23)14-24-9-10-29-20-11-16(22(27)28)5-6-19(20)21(24)26;;/h1-6,11,18,25H,7-10,12-14H2,(H,27,28);;/q;+1;-1/t18-;;/m1../s1. The third-order valence-electron chi connectivity index (χ3n) is 5.47. The Labute approximate surface area is 219 Å². The number of carboxylic acid groups (broad SMARTS) is 1. The van der Waals surface area contributed by atoms with Crippen LogP contribution in [0.1, 0.15) is 33.3 Å². The molecule has 1 amide bonds. The average molecular weight is 437 g/mol. The summed E-state index contributed by atoms with van der Waals surface area (Å²) in [6.07, 6.45) is 0.280. The molecule has 154 valence electrons. The van der Waals surface area contributed by atoms with Crippen molar-refractivity contribution in [2.24, 2.45) is 0 Å². The summed E-state index contributed by atoms with van der Waals surface area (Å²) in [5, 5.41) is 19.7. The van der Waals surface area contributed by atoms with Gasteiger partial charge in [-0.25, -0.2) is 4.79 Å². The maximum absolute atomic E-state index is 12.9. The van der Waals surface area contributed by atoms with Gasteiger partial charge < -0.3 is 21.3 Å². The van der Waals surface area contributed by atoms with Crippen LogP contribution in [0, 0.1) is 0 Å². The molecule has 0 bridgehead atoms. The van der Waals surface area contributed by atoms with Crippen molar-refractivity contribution in [3.05, 3.63) is 64.7 Å². The van der Waals surface area contributed by atoms with Gasteiger partial charge in [0.15, 0.2) is 0 Å². The number of carbonyl (C=O) groups excluding carboxylic acids is 1. The van der Waals surface area contributed by atoms with Gasteiger partial charge in [-0.1, -0.05) is 24.3 Å². The van der Waals surface area contributed by atoms with Crippen molar-refractivity contribution < 1.29 is 77.4 Å². The van der Waals surface area contributed by atoms with E-state index in [1.807, 2.05) is 12.1 Å². The van der Waals surface area contributed by atoms with Crippen molar-refractivity contribution >= 4 is 11.9 Å². The number of carboxylic acids is 1. The quantitative estimate of drug-likeness (QED) is 0.570. The van der Waals surface area contributed by atoms with Gasteiger partial charge in [0, 0.05) is 26.2 Å². The van der Waals surface area contributed by atoms with E-state index in [9.17, 15) is 14.7 Å². The minimum absolute atomic E-state index is 0. The Bertz CT molecular complexity index is 942. The number of aliphatic hydroxyl groups excluding tert-OH is 1. The molecule has 0 unspecified atom stereocenters. The van der Waals surface area contributed by atoms with E-state index in [1.165, 1.54) is 29.3 Å². The predicted molar refractivity (Wildman–Crippen MR) is 107 cm³/mol. The van der Waals surface area contributed by atoms with Crippen LogP contribution in [-0.2, 0) is 13.0 Å². The minimum Gasteiger partial charge on any atom is -1.00 e. The molecule has 0 radical (unpaired) electrons. The van der Waals surface area contributed by atoms with Crippen molar-refractivity contribution in [2.75, 3.05) is 32.8 Å². The Morgan fingerprint density at radius 1 is 1.13 bits per heavy atom. The second-order valence-corrected chi connectivity index (χ2v) is 7.52. The SMILES string of the molecule is O=C(O)c1ccc2c(c1)OCCN(C[C@H](O)CN1CCc3ccccc3C1)C2=O.[H-].[K+]. The van der Waals surface area contributed by atoms with Crippen LogP contribution in [-0.4, -0.2) is 70.8 Å². The van der Waals surface area contributed by atoms with Crippen LogP contribution in [0.2, 0.25) is 0 Å². The number of ether oxygens (including phenoxy) is 1. The second kappa shape index (κ2) is 10.4. The van der Waals surface area contributed by atoms with Crippen molar-refractivity contribution in [1.82, 2.24) is 9.80 Å². The first-order chi connectivity index (χ1) is 14.0. The van der Waals surface area contributed by atoms with E-state index in [0.29, 0.717) is 18.7 Å². The summed E-state index contributed by atoms with van der Waals surface area (Å²) in [6, 6.07) is 12.6. The molecule has 1 atom stereocenters. The first-order valence-corrected chi connectivity index (χ1v) is 9.78. The van der Waals surface area contributed by atoms with E-state index in [1.54, 1.807) is 4.90 Å². The molecular weight excluding hydrogens is 411 g/mol. The molecule has 30 heavy (non-hydrogen) atoms. The first kappa shape index (κ1) is 23.4. The fraction of sp³-hybridized carbons (Fsp3) is 0.364. The van der Waals surface area contributed by atoms with E-state index in [-0.39, 0.29) is 83.2 Å². The van der Waals surface area contributed by atoms with Gasteiger partial charge in [-0.2, -0.15) is 0 Å². The van der Waals surface area contributed by atoms with Gasteiger partial charge >= 0.3 is 57.4 Å². The van der Waals surface area contributed by atoms with Gasteiger partial charge in [0.25, 0.3) is 5.91 Å². The maximum atomic E-state index is 12.9. The maximum Gasteiger partial charge on any atom is 1.00 e. The molecular formula is C22H25KN2O5. The number of fused-ring (bicyclic) bond motifs is 2. The molecule has 2 N–H and O–H groups in total. The van der Waals surface area contributed by atoms with Crippen molar-refractivity contribution in [1.29, 1.82) is 0 Å². The molecule has 0 saturated carbocycles. The van der Waals surface area contributed by atoms with Crippen LogP contribution < -0.4 is 56.1 Å². The molecule has 7 nitrogen and oxygen atoms in total. The molecule has 0 spiro atoms. The van der Waals surface area contributed by atoms with E-state index in [0.717, 1.165) is 19.5 Å². The number of carbonyl (C=O) groups is 2.